The lowest BCUT2D eigenvalue weighted by Gasteiger charge is -2.42. The molecule has 3 aliphatic rings. The molecule has 2 heterocycles. The highest BCUT2D eigenvalue weighted by Gasteiger charge is 2.52. The maximum atomic E-state index is 11.4. The highest BCUT2D eigenvalue weighted by Crippen LogP contribution is 2.47. The number of ketones is 1. The summed E-state index contributed by atoms with van der Waals surface area (Å²) in [4.78, 5) is 11.4. The van der Waals surface area contributed by atoms with Crippen LogP contribution >= 0.6 is 0 Å². The molecule has 0 aromatic carbocycles. The van der Waals surface area contributed by atoms with Gasteiger partial charge in [0.25, 0.3) is 0 Å². The Bertz CT molecular complexity index is 551. The fourth-order valence-electron chi connectivity index (χ4n) is 4.86. The smallest absolute Gasteiger partial charge is 0.178 e. The summed E-state index contributed by atoms with van der Waals surface area (Å²) in [6.07, 6.45) is 22.2. The number of carbonyl (C=O) groups excluding carboxylic acids is 1. The molecule has 2 spiro atoms. The molecule has 0 saturated carbocycles. The monoisotopic (exact) mass is 390 g/mol. The van der Waals surface area contributed by atoms with Gasteiger partial charge in [0.1, 0.15) is 5.60 Å². The van der Waals surface area contributed by atoms with Gasteiger partial charge in [-0.1, -0.05) is 64.7 Å². The molecule has 0 aromatic heterocycles. The van der Waals surface area contributed by atoms with Crippen LogP contribution in [0.5, 0.6) is 0 Å². The summed E-state index contributed by atoms with van der Waals surface area (Å²) in [5.74, 6) is -0.695. The van der Waals surface area contributed by atoms with Crippen molar-refractivity contribution in [3.8, 4) is 0 Å². The molecule has 2 saturated heterocycles. The van der Waals surface area contributed by atoms with Crippen LogP contribution in [0.2, 0.25) is 0 Å². The highest BCUT2D eigenvalue weighted by molar-refractivity contribution is 6.00. The number of hydrogen-bond donors (Lipinski definition) is 1. The van der Waals surface area contributed by atoms with Gasteiger partial charge in [-0.25, -0.2) is 0 Å². The van der Waals surface area contributed by atoms with Gasteiger partial charge in [-0.15, -0.1) is 0 Å². The standard InChI is InChI=1S/C24H38O4/c1-2-3-4-5-6-7-8-9-10-11-22-18-21(26)19-24(27-22)17-16-23(28-24)14-12-20(25)13-15-23/h12-15,21-22,26H,2-11,16-19H2,1H3/t21-,22-,24-/m0/s1. The first-order valence-corrected chi connectivity index (χ1v) is 11.5. The van der Waals surface area contributed by atoms with E-state index >= 15 is 0 Å². The minimum Gasteiger partial charge on any atom is -0.393 e. The van der Waals surface area contributed by atoms with Gasteiger partial charge in [0.15, 0.2) is 11.6 Å². The predicted octanol–water partition coefficient (Wildman–Crippen LogP) is 5.39. The molecule has 0 aromatic rings. The SMILES string of the molecule is CCCCCCCCCCC[C@H]1C[C@H](O)C[C@@]2(CCC3(C=CC(=O)C=C3)O2)O1. The van der Waals surface area contributed by atoms with Crippen LogP contribution in [-0.4, -0.2) is 34.5 Å². The van der Waals surface area contributed by atoms with Gasteiger partial charge in [0.2, 0.25) is 0 Å². The molecular weight excluding hydrogens is 352 g/mol. The minimum atomic E-state index is -0.698. The number of allylic oxidation sites excluding steroid dienone is 2. The summed E-state index contributed by atoms with van der Waals surface area (Å²) < 4.78 is 12.7. The highest BCUT2D eigenvalue weighted by atomic mass is 16.7. The number of rotatable bonds is 10. The molecule has 0 radical (unpaired) electrons. The van der Waals surface area contributed by atoms with Crippen LogP contribution in [-0.2, 0) is 14.3 Å². The molecule has 28 heavy (non-hydrogen) atoms. The molecular formula is C24H38O4. The van der Waals surface area contributed by atoms with Gasteiger partial charge in [0, 0.05) is 12.8 Å². The number of aliphatic hydroxyl groups excluding tert-OH is 1. The van der Waals surface area contributed by atoms with Crippen molar-refractivity contribution in [3.05, 3.63) is 24.3 Å². The summed E-state index contributed by atoms with van der Waals surface area (Å²) in [5.41, 5.74) is -0.534. The number of carbonyl (C=O) groups is 1. The third-order valence-electron chi connectivity index (χ3n) is 6.42. The van der Waals surface area contributed by atoms with Gasteiger partial charge in [0.05, 0.1) is 12.2 Å². The zero-order chi connectivity index (χ0) is 19.9. The number of ether oxygens (including phenoxy) is 2. The molecule has 2 fully saturated rings. The van der Waals surface area contributed by atoms with Gasteiger partial charge < -0.3 is 14.6 Å². The first kappa shape index (κ1) is 21.7. The van der Waals surface area contributed by atoms with E-state index in [1.54, 1.807) is 12.2 Å². The molecule has 2 aliphatic heterocycles. The fraction of sp³-hybridized carbons (Fsp3) is 0.792. The Morgan fingerprint density at radius 2 is 1.64 bits per heavy atom. The van der Waals surface area contributed by atoms with Gasteiger partial charge in [-0.2, -0.15) is 0 Å². The van der Waals surface area contributed by atoms with Crippen molar-refractivity contribution in [2.45, 2.75) is 120 Å². The van der Waals surface area contributed by atoms with Gasteiger partial charge in [-0.05, 0) is 43.6 Å². The summed E-state index contributed by atoms with van der Waals surface area (Å²) >= 11 is 0. The van der Waals surface area contributed by atoms with Crippen LogP contribution in [0.3, 0.4) is 0 Å². The molecule has 0 bridgehead atoms. The van der Waals surface area contributed by atoms with Crippen molar-refractivity contribution >= 4 is 5.78 Å². The Kier molecular flexibility index (Phi) is 7.90. The topological polar surface area (TPSA) is 55.8 Å². The third-order valence-corrected chi connectivity index (χ3v) is 6.42. The van der Waals surface area contributed by atoms with Gasteiger partial charge in [-0.3, -0.25) is 4.79 Å². The van der Waals surface area contributed by atoms with E-state index in [0.29, 0.717) is 12.8 Å². The Morgan fingerprint density at radius 3 is 2.32 bits per heavy atom. The lowest BCUT2D eigenvalue weighted by atomic mass is 9.91. The van der Waals surface area contributed by atoms with E-state index in [1.807, 2.05) is 12.2 Å². The van der Waals surface area contributed by atoms with E-state index in [4.69, 9.17) is 9.47 Å². The lowest BCUT2D eigenvalue weighted by molar-refractivity contribution is -0.292. The van der Waals surface area contributed by atoms with Crippen LogP contribution in [0.1, 0.15) is 96.8 Å². The molecule has 4 nitrogen and oxygen atoms in total. The molecule has 0 unspecified atom stereocenters. The van der Waals surface area contributed by atoms with E-state index in [1.165, 1.54) is 51.4 Å². The van der Waals surface area contributed by atoms with Crippen LogP contribution in [0.25, 0.3) is 0 Å². The van der Waals surface area contributed by atoms with E-state index < -0.39 is 11.4 Å². The third kappa shape index (κ3) is 6.01. The van der Waals surface area contributed by atoms with Crippen LogP contribution in [0, 0.1) is 0 Å². The molecule has 3 rings (SSSR count). The minimum absolute atomic E-state index is 0.00279. The largest absolute Gasteiger partial charge is 0.393 e. The molecule has 4 heteroatoms. The summed E-state index contributed by atoms with van der Waals surface area (Å²) in [6, 6.07) is 0. The quantitative estimate of drug-likeness (QED) is 0.508. The first-order valence-electron chi connectivity index (χ1n) is 11.5. The molecule has 3 atom stereocenters. The van der Waals surface area contributed by atoms with Crippen molar-refractivity contribution < 1.29 is 19.4 Å². The van der Waals surface area contributed by atoms with E-state index in [2.05, 4.69) is 6.92 Å². The predicted molar refractivity (Wildman–Crippen MR) is 111 cm³/mol. The van der Waals surface area contributed by atoms with Crippen molar-refractivity contribution in [3.63, 3.8) is 0 Å². The Morgan fingerprint density at radius 1 is 1.00 bits per heavy atom. The summed E-state index contributed by atoms with van der Waals surface area (Å²) in [6.45, 7) is 2.26. The molecule has 0 amide bonds. The second-order valence-electron chi connectivity index (χ2n) is 8.99. The Balaban J connectivity index is 1.39. The number of hydrogen-bond acceptors (Lipinski definition) is 4. The van der Waals surface area contributed by atoms with Crippen molar-refractivity contribution in [1.29, 1.82) is 0 Å². The van der Waals surface area contributed by atoms with E-state index in [-0.39, 0.29) is 18.0 Å². The number of unbranched alkanes of at least 4 members (excludes halogenated alkanes) is 8. The molecule has 1 N–H and O–H groups in total. The number of aliphatic hydroxyl groups is 1. The van der Waals surface area contributed by atoms with Crippen molar-refractivity contribution in [2.24, 2.45) is 0 Å². The van der Waals surface area contributed by atoms with Crippen molar-refractivity contribution in [1.82, 2.24) is 0 Å². The van der Waals surface area contributed by atoms with Crippen molar-refractivity contribution in [2.75, 3.05) is 0 Å². The Labute approximate surface area is 170 Å². The zero-order valence-corrected chi connectivity index (χ0v) is 17.5. The first-order chi connectivity index (χ1) is 13.5. The van der Waals surface area contributed by atoms with Crippen LogP contribution < -0.4 is 0 Å². The average Bonchev–Trinajstić information content (AvgIpc) is 3.00. The Hall–Kier alpha value is -0.970. The maximum Gasteiger partial charge on any atom is 0.178 e. The van der Waals surface area contributed by atoms with Crippen LogP contribution in [0.15, 0.2) is 24.3 Å². The summed E-state index contributed by atoms with van der Waals surface area (Å²) in [5, 5.41) is 10.4. The van der Waals surface area contributed by atoms with Gasteiger partial charge >= 0.3 is 0 Å². The molecule has 158 valence electrons. The zero-order valence-electron chi connectivity index (χ0n) is 17.5. The van der Waals surface area contributed by atoms with E-state index in [9.17, 15) is 9.90 Å². The molecule has 1 aliphatic carbocycles. The average molecular weight is 391 g/mol. The maximum absolute atomic E-state index is 11.4. The second kappa shape index (κ2) is 10.2. The summed E-state index contributed by atoms with van der Waals surface area (Å²) in [7, 11) is 0. The van der Waals surface area contributed by atoms with Crippen LogP contribution in [0.4, 0.5) is 0 Å². The normalized spacial score (nSPS) is 31.3. The second-order valence-corrected chi connectivity index (χ2v) is 8.99. The fourth-order valence-corrected chi connectivity index (χ4v) is 4.86. The van der Waals surface area contributed by atoms with E-state index in [0.717, 1.165) is 25.7 Å². The lowest BCUT2D eigenvalue weighted by Crippen LogP contribution is -2.47.